The Bertz CT molecular complexity index is 1190. The first-order valence-electron chi connectivity index (χ1n) is 11.5. The molecule has 0 aromatic heterocycles. The second kappa shape index (κ2) is 9.38. The molecule has 2 aromatic rings. The zero-order valence-electron chi connectivity index (χ0n) is 19.8. The van der Waals surface area contributed by atoms with Gasteiger partial charge in [0.25, 0.3) is 15.9 Å². The molecule has 4 unspecified atom stereocenters. The predicted molar refractivity (Wildman–Crippen MR) is 127 cm³/mol. The number of rotatable bonds is 5. The maximum Gasteiger partial charge on any atom is 0.338 e. The molecule has 0 saturated carbocycles. The average Bonchev–Trinajstić information content (AvgIpc) is 3.14. The van der Waals surface area contributed by atoms with E-state index in [4.69, 9.17) is 9.47 Å². The lowest BCUT2D eigenvalue weighted by Crippen LogP contribution is -2.51. The van der Waals surface area contributed by atoms with Crippen LogP contribution in [0.3, 0.4) is 0 Å². The van der Waals surface area contributed by atoms with E-state index in [1.54, 1.807) is 11.0 Å². The number of anilines is 1. The van der Waals surface area contributed by atoms with E-state index in [-0.39, 0.29) is 34.6 Å². The van der Waals surface area contributed by atoms with E-state index in [0.717, 1.165) is 5.56 Å². The molecule has 0 aliphatic carbocycles. The van der Waals surface area contributed by atoms with E-state index in [2.05, 4.69) is 0 Å². The Labute approximate surface area is 200 Å². The molecule has 0 spiro atoms. The first-order chi connectivity index (χ1) is 16.1. The van der Waals surface area contributed by atoms with Crippen molar-refractivity contribution in [2.45, 2.75) is 63.4 Å². The Balaban J connectivity index is 1.51. The van der Waals surface area contributed by atoms with Crippen LogP contribution in [-0.2, 0) is 30.7 Å². The summed E-state index contributed by atoms with van der Waals surface area (Å²) in [5.74, 6) is -1.05. The van der Waals surface area contributed by atoms with Gasteiger partial charge in [-0.2, -0.15) is 0 Å². The minimum Gasteiger partial charge on any atom is -0.449 e. The van der Waals surface area contributed by atoms with Crippen LogP contribution in [0.1, 0.15) is 43.6 Å². The highest BCUT2D eigenvalue weighted by atomic mass is 32.2. The third-order valence-electron chi connectivity index (χ3n) is 6.13. The fourth-order valence-corrected chi connectivity index (χ4v) is 6.43. The number of nitrogens with zero attached hydrogens (tertiary/aromatic N) is 2. The molecule has 2 aliphatic heterocycles. The summed E-state index contributed by atoms with van der Waals surface area (Å²) in [6, 6.07) is 12.9. The van der Waals surface area contributed by atoms with Crippen LogP contribution in [0.5, 0.6) is 0 Å². The van der Waals surface area contributed by atoms with Crippen LogP contribution >= 0.6 is 0 Å². The summed E-state index contributed by atoms with van der Waals surface area (Å²) >= 11 is 0. The average molecular weight is 487 g/mol. The molecule has 1 saturated heterocycles. The van der Waals surface area contributed by atoms with Crippen molar-refractivity contribution in [1.82, 2.24) is 4.90 Å². The molecule has 182 valence electrons. The van der Waals surface area contributed by atoms with Gasteiger partial charge in [-0.15, -0.1) is 0 Å². The molecule has 2 aliphatic rings. The van der Waals surface area contributed by atoms with Crippen molar-refractivity contribution < 1.29 is 27.5 Å². The van der Waals surface area contributed by atoms with Crippen LogP contribution in [0.15, 0.2) is 53.4 Å². The molecule has 4 atom stereocenters. The number of carbonyl (C=O) groups excluding carboxylic acids is 2. The number of sulfonamides is 1. The molecule has 0 bridgehead atoms. The molecule has 8 nitrogen and oxygen atoms in total. The van der Waals surface area contributed by atoms with Gasteiger partial charge in [0.2, 0.25) is 0 Å². The van der Waals surface area contributed by atoms with Crippen LogP contribution in [0.4, 0.5) is 5.69 Å². The highest BCUT2D eigenvalue weighted by Gasteiger charge is 2.36. The van der Waals surface area contributed by atoms with Crippen molar-refractivity contribution in [2.75, 3.05) is 17.4 Å². The number of esters is 1. The number of para-hydroxylation sites is 1. The van der Waals surface area contributed by atoms with Crippen LogP contribution < -0.4 is 4.31 Å². The molecular weight excluding hydrogens is 456 g/mol. The van der Waals surface area contributed by atoms with Crippen LogP contribution in [0.2, 0.25) is 0 Å². The zero-order chi connectivity index (χ0) is 24.6. The lowest BCUT2D eigenvalue weighted by Gasteiger charge is -2.36. The highest BCUT2D eigenvalue weighted by Crippen LogP contribution is 2.36. The molecule has 9 heteroatoms. The number of ether oxygens (including phenoxy) is 2. The summed E-state index contributed by atoms with van der Waals surface area (Å²) in [5.41, 5.74) is 1.69. The van der Waals surface area contributed by atoms with Crippen molar-refractivity contribution in [1.29, 1.82) is 0 Å². The number of morpholine rings is 1. The third-order valence-corrected chi connectivity index (χ3v) is 8.06. The van der Waals surface area contributed by atoms with Crippen molar-refractivity contribution in [3.63, 3.8) is 0 Å². The van der Waals surface area contributed by atoms with Gasteiger partial charge in [-0.1, -0.05) is 24.3 Å². The van der Waals surface area contributed by atoms with Gasteiger partial charge in [-0.25, -0.2) is 13.2 Å². The SMILES string of the molecule is CC1CN(C(=O)C(C)OC(=O)c2cccc(S(=O)(=O)N3c4ccccc4CC3C)c2)CC(C)O1. The minimum atomic E-state index is -3.90. The van der Waals surface area contributed by atoms with Gasteiger partial charge in [0.1, 0.15) is 0 Å². The first-order valence-corrected chi connectivity index (χ1v) is 12.9. The van der Waals surface area contributed by atoms with Gasteiger partial charge in [0.05, 0.1) is 28.4 Å². The molecular formula is C25H30N2O6S. The number of benzene rings is 2. The third kappa shape index (κ3) is 4.67. The van der Waals surface area contributed by atoms with E-state index >= 15 is 0 Å². The quantitative estimate of drug-likeness (QED) is 0.603. The van der Waals surface area contributed by atoms with E-state index < -0.39 is 22.1 Å². The van der Waals surface area contributed by atoms with Crippen molar-refractivity contribution in [3.8, 4) is 0 Å². The van der Waals surface area contributed by atoms with E-state index in [1.165, 1.54) is 35.5 Å². The van der Waals surface area contributed by atoms with Gasteiger partial charge in [-0.05, 0) is 63.9 Å². The fourth-order valence-electron chi connectivity index (χ4n) is 4.69. The zero-order valence-corrected chi connectivity index (χ0v) is 20.6. The number of amides is 1. The topological polar surface area (TPSA) is 93.2 Å². The van der Waals surface area contributed by atoms with E-state index in [0.29, 0.717) is 25.2 Å². The lowest BCUT2D eigenvalue weighted by atomic mass is 10.1. The molecule has 0 N–H and O–H groups in total. The van der Waals surface area contributed by atoms with E-state index in [1.807, 2.05) is 39.0 Å². The van der Waals surface area contributed by atoms with Gasteiger partial charge >= 0.3 is 5.97 Å². The molecule has 34 heavy (non-hydrogen) atoms. The maximum atomic E-state index is 13.5. The summed E-state index contributed by atoms with van der Waals surface area (Å²) in [6.07, 6.45) is -0.586. The Morgan fingerprint density at radius 3 is 2.41 bits per heavy atom. The first kappa shape index (κ1) is 24.2. The standard InChI is InChI=1S/C25H30N2O6S/c1-16-12-20-8-5-6-11-23(20)27(16)34(30,31)22-10-7-9-21(13-22)25(29)33-19(4)24(28)26-14-17(2)32-18(3)15-26/h5-11,13,16-19H,12,14-15H2,1-4H3. The largest absolute Gasteiger partial charge is 0.449 e. The summed E-state index contributed by atoms with van der Waals surface area (Å²) in [5, 5.41) is 0. The van der Waals surface area contributed by atoms with Gasteiger partial charge in [0.15, 0.2) is 6.10 Å². The van der Waals surface area contributed by atoms with Gasteiger partial charge in [0, 0.05) is 19.1 Å². The lowest BCUT2D eigenvalue weighted by molar-refractivity contribution is -0.151. The Morgan fingerprint density at radius 2 is 1.71 bits per heavy atom. The number of hydrogen-bond donors (Lipinski definition) is 0. The Hall–Kier alpha value is -2.91. The molecule has 0 radical (unpaired) electrons. The van der Waals surface area contributed by atoms with Gasteiger partial charge in [-0.3, -0.25) is 9.10 Å². The Kier molecular flexibility index (Phi) is 6.69. The van der Waals surface area contributed by atoms with Crippen LogP contribution in [-0.4, -0.2) is 62.6 Å². The number of fused-ring (bicyclic) bond motifs is 1. The molecule has 2 heterocycles. The van der Waals surface area contributed by atoms with Crippen molar-refractivity contribution >= 4 is 27.6 Å². The van der Waals surface area contributed by atoms with Crippen molar-refractivity contribution in [2.24, 2.45) is 0 Å². The molecule has 4 rings (SSSR count). The minimum absolute atomic E-state index is 0.000288. The number of carbonyl (C=O) groups is 2. The normalized spacial score (nSPS) is 23.4. The molecule has 2 aromatic carbocycles. The highest BCUT2D eigenvalue weighted by molar-refractivity contribution is 7.92. The second-order valence-electron chi connectivity index (χ2n) is 9.06. The van der Waals surface area contributed by atoms with Crippen LogP contribution in [0.25, 0.3) is 0 Å². The van der Waals surface area contributed by atoms with Crippen LogP contribution in [0, 0.1) is 0 Å². The smallest absolute Gasteiger partial charge is 0.338 e. The van der Waals surface area contributed by atoms with E-state index in [9.17, 15) is 18.0 Å². The summed E-state index contributed by atoms with van der Waals surface area (Å²) < 4.78 is 39.4. The van der Waals surface area contributed by atoms with Gasteiger partial charge < -0.3 is 14.4 Å². The monoisotopic (exact) mass is 486 g/mol. The summed E-state index contributed by atoms with van der Waals surface area (Å²) in [6.45, 7) is 8.00. The molecule has 1 fully saturated rings. The maximum absolute atomic E-state index is 13.5. The summed E-state index contributed by atoms with van der Waals surface area (Å²) in [7, 11) is -3.90. The Morgan fingerprint density at radius 1 is 1.03 bits per heavy atom. The molecule has 1 amide bonds. The second-order valence-corrected chi connectivity index (χ2v) is 10.9. The fraction of sp³-hybridized carbons (Fsp3) is 0.440. The number of hydrogen-bond acceptors (Lipinski definition) is 6. The predicted octanol–water partition coefficient (Wildman–Crippen LogP) is 3.01. The summed E-state index contributed by atoms with van der Waals surface area (Å²) in [4.78, 5) is 27.2. The van der Waals surface area contributed by atoms with Crippen molar-refractivity contribution in [3.05, 3.63) is 59.7 Å².